The third-order valence-corrected chi connectivity index (χ3v) is 3.30. The molecule has 0 spiro atoms. The van der Waals surface area contributed by atoms with Crippen molar-refractivity contribution in [2.45, 2.75) is 25.9 Å². The SMILES string of the molecule is CCOC(=O)CCS(=O)(=O)NCC(C)(O)C(=O)O. The molecule has 0 saturated heterocycles. The lowest BCUT2D eigenvalue weighted by Crippen LogP contribution is -2.47. The third kappa shape index (κ3) is 6.52. The predicted octanol–water partition coefficient (Wildman–Crippen LogP) is -1.31. The number of esters is 1. The molecule has 0 aliphatic rings. The second-order valence-electron chi connectivity index (χ2n) is 3.77. The first kappa shape index (κ1) is 16.8. The summed E-state index contributed by atoms with van der Waals surface area (Å²) in [5.74, 6) is -2.73. The molecule has 1 unspecified atom stereocenters. The molecular formula is C9H17NO7S. The van der Waals surface area contributed by atoms with Gasteiger partial charge in [-0.1, -0.05) is 0 Å². The number of carboxylic acid groups (broad SMARTS) is 1. The zero-order valence-electron chi connectivity index (χ0n) is 10.2. The molecule has 0 rings (SSSR count). The number of carboxylic acids is 1. The molecule has 8 nitrogen and oxygen atoms in total. The highest BCUT2D eigenvalue weighted by Gasteiger charge is 2.31. The summed E-state index contributed by atoms with van der Waals surface area (Å²) in [5.41, 5.74) is -2.20. The molecule has 0 aromatic carbocycles. The van der Waals surface area contributed by atoms with Crippen LogP contribution >= 0.6 is 0 Å². The van der Waals surface area contributed by atoms with Gasteiger partial charge in [0.05, 0.1) is 18.8 Å². The average molecular weight is 283 g/mol. The topological polar surface area (TPSA) is 130 Å². The third-order valence-electron chi connectivity index (χ3n) is 1.98. The van der Waals surface area contributed by atoms with Crippen LogP contribution in [0.3, 0.4) is 0 Å². The van der Waals surface area contributed by atoms with Gasteiger partial charge in [0.2, 0.25) is 10.0 Å². The van der Waals surface area contributed by atoms with Crippen molar-refractivity contribution < 1.29 is 33.0 Å². The van der Waals surface area contributed by atoms with E-state index in [2.05, 4.69) is 4.74 Å². The fourth-order valence-corrected chi connectivity index (χ4v) is 1.93. The Hall–Kier alpha value is -1.19. The van der Waals surface area contributed by atoms with Gasteiger partial charge in [-0.05, 0) is 13.8 Å². The van der Waals surface area contributed by atoms with Gasteiger partial charge in [0.25, 0.3) is 0 Å². The number of rotatable bonds is 8. The number of sulfonamides is 1. The van der Waals surface area contributed by atoms with Crippen molar-refractivity contribution in [2.24, 2.45) is 0 Å². The summed E-state index contributed by atoms with van der Waals surface area (Å²) in [6.07, 6.45) is -0.335. The Morgan fingerprint density at radius 2 is 1.94 bits per heavy atom. The first-order valence-electron chi connectivity index (χ1n) is 5.19. The van der Waals surface area contributed by atoms with Gasteiger partial charge >= 0.3 is 11.9 Å². The Labute approximate surface area is 105 Å². The molecule has 106 valence electrons. The van der Waals surface area contributed by atoms with E-state index < -0.39 is 39.9 Å². The van der Waals surface area contributed by atoms with Crippen LogP contribution in [-0.4, -0.2) is 55.1 Å². The first-order valence-corrected chi connectivity index (χ1v) is 6.84. The van der Waals surface area contributed by atoms with E-state index in [0.717, 1.165) is 6.92 Å². The van der Waals surface area contributed by atoms with Gasteiger partial charge in [0.15, 0.2) is 5.60 Å². The van der Waals surface area contributed by atoms with Crippen LogP contribution in [0, 0.1) is 0 Å². The Morgan fingerprint density at radius 3 is 2.39 bits per heavy atom. The largest absolute Gasteiger partial charge is 0.479 e. The second-order valence-corrected chi connectivity index (χ2v) is 5.70. The summed E-state index contributed by atoms with van der Waals surface area (Å²) in [4.78, 5) is 21.5. The number of ether oxygens (including phenoxy) is 1. The molecule has 0 radical (unpaired) electrons. The molecule has 3 N–H and O–H groups in total. The summed E-state index contributed by atoms with van der Waals surface area (Å²) in [6.45, 7) is 2.03. The van der Waals surface area contributed by atoms with Crippen molar-refractivity contribution in [2.75, 3.05) is 18.9 Å². The number of carbonyl (C=O) groups is 2. The van der Waals surface area contributed by atoms with E-state index in [9.17, 15) is 23.1 Å². The minimum atomic E-state index is -3.84. The van der Waals surface area contributed by atoms with Crippen LogP contribution in [0.2, 0.25) is 0 Å². The van der Waals surface area contributed by atoms with Gasteiger partial charge in [0, 0.05) is 6.54 Å². The normalized spacial score (nSPS) is 14.8. The first-order chi connectivity index (χ1) is 8.10. The lowest BCUT2D eigenvalue weighted by Gasteiger charge is -2.18. The van der Waals surface area contributed by atoms with E-state index in [1.807, 2.05) is 4.72 Å². The van der Waals surface area contributed by atoms with Gasteiger partial charge in [-0.2, -0.15) is 0 Å². The Morgan fingerprint density at radius 1 is 1.39 bits per heavy atom. The highest BCUT2D eigenvalue weighted by molar-refractivity contribution is 7.89. The van der Waals surface area contributed by atoms with E-state index >= 15 is 0 Å². The van der Waals surface area contributed by atoms with E-state index in [0.29, 0.717) is 0 Å². The summed E-state index contributed by atoms with van der Waals surface area (Å²) in [5, 5.41) is 17.9. The van der Waals surface area contributed by atoms with Crippen molar-refractivity contribution in [3.05, 3.63) is 0 Å². The molecule has 0 fully saturated rings. The molecular weight excluding hydrogens is 266 g/mol. The lowest BCUT2D eigenvalue weighted by atomic mass is 10.1. The van der Waals surface area contributed by atoms with Gasteiger partial charge in [-0.15, -0.1) is 0 Å². The maximum Gasteiger partial charge on any atom is 0.336 e. The van der Waals surface area contributed by atoms with Crippen LogP contribution in [0.5, 0.6) is 0 Å². The monoisotopic (exact) mass is 283 g/mol. The van der Waals surface area contributed by atoms with Crippen molar-refractivity contribution in [3.8, 4) is 0 Å². The van der Waals surface area contributed by atoms with Crippen LogP contribution in [0.25, 0.3) is 0 Å². The highest BCUT2D eigenvalue weighted by atomic mass is 32.2. The molecule has 18 heavy (non-hydrogen) atoms. The molecule has 0 amide bonds. The van der Waals surface area contributed by atoms with Gasteiger partial charge < -0.3 is 14.9 Å². The molecule has 0 aliphatic heterocycles. The van der Waals surface area contributed by atoms with Gasteiger partial charge in [-0.3, -0.25) is 4.79 Å². The predicted molar refractivity (Wildman–Crippen MR) is 61.3 cm³/mol. The Bertz CT molecular complexity index is 401. The molecule has 0 heterocycles. The van der Waals surface area contributed by atoms with Crippen LogP contribution in [0.4, 0.5) is 0 Å². The number of aliphatic carboxylic acids is 1. The highest BCUT2D eigenvalue weighted by Crippen LogP contribution is 2.02. The Kier molecular flexibility index (Phi) is 6.22. The zero-order valence-corrected chi connectivity index (χ0v) is 11.0. The molecule has 9 heteroatoms. The van der Waals surface area contributed by atoms with Gasteiger partial charge in [0.1, 0.15) is 0 Å². The van der Waals surface area contributed by atoms with Crippen LogP contribution < -0.4 is 4.72 Å². The van der Waals surface area contributed by atoms with Crippen molar-refractivity contribution >= 4 is 22.0 Å². The minimum absolute atomic E-state index is 0.153. The van der Waals surface area contributed by atoms with Gasteiger partial charge in [-0.25, -0.2) is 17.9 Å². The molecule has 0 bridgehead atoms. The lowest BCUT2D eigenvalue weighted by molar-refractivity contribution is -0.155. The molecule has 0 saturated carbocycles. The molecule has 0 aromatic heterocycles. The quantitative estimate of drug-likeness (QED) is 0.472. The average Bonchev–Trinajstić information content (AvgIpc) is 2.25. The van der Waals surface area contributed by atoms with Crippen molar-refractivity contribution in [3.63, 3.8) is 0 Å². The fraction of sp³-hybridized carbons (Fsp3) is 0.778. The van der Waals surface area contributed by atoms with Crippen LogP contribution in [0.15, 0.2) is 0 Å². The summed E-state index contributed by atoms with van der Waals surface area (Å²) in [7, 11) is -3.84. The smallest absolute Gasteiger partial charge is 0.336 e. The van der Waals surface area contributed by atoms with E-state index in [1.54, 1.807) is 6.92 Å². The molecule has 1 atom stereocenters. The number of hydrogen-bond donors (Lipinski definition) is 3. The Balaban J connectivity index is 4.25. The van der Waals surface area contributed by atoms with Crippen molar-refractivity contribution in [1.82, 2.24) is 4.72 Å². The number of nitrogens with one attached hydrogen (secondary N) is 1. The molecule has 0 aliphatic carbocycles. The molecule has 0 aromatic rings. The maximum absolute atomic E-state index is 11.4. The second kappa shape index (κ2) is 6.66. The van der Waals surface area contributed by atoms with E-state index in [-0.39, 0.29) is 13.0 Å². The standard InChI is InChI=1S/C9H17NO7S/c1-3-17-7(11)4-5-18(15,16)10-6-9(2,14)8(12)13/h10,14H,3-6H2,1-2H3,(H,12,13). The fourth-order valence-electron chi connectivity index (χ4n) is 0.849. The maximum atomic E-state index is 11.4. The van der Waals surface area contributed by atoms with E-state index in [1.165, 1.54) is 0 Å². The summed E-state index contributed by atoms with van der Waals surface area (Å²) in [6, 6.07) is 0. The summed E-state index contributed by atoms with van der Waals surface area (Å²) >= 11 is 0. The summed E-state index contributed by atoms with van der Waals surface area (Å²) < 4.78 is 29.2. The number of carbonyl (C=O) groups excluding carboxylic acids is 1. The zero-order chi connectivity index (χ0) is 14.4. The van der Waals surface area contributed by atoms with Crippen LogP contribution in [0.1, 0.15) is 20.3 Å². The van der Waals surface area contributed by atoms with Crippen molar-refractivity contribution in [1.29, 1.82) is 0 Å². The number of hydrogen-bond acceptors (Lipinski definition) is 6. The van der Waals surface area contributed by atoms with Crippen LogP contribution in [-0.2, 0) is 24.3 Å². The minimum Gasteiger partial charge on any atom is -0.479 e. The number of aliphatic hydroxyl groups is 1. The van der Waals surface area contributed by atoms with E-state index in [4.69, 9.17) is 5.11 Å².